The fourth-order valence-corrected chi connectivity index (χ4v) is 2.60. The Labute approximate surface area is 126 Å². The van der Waals surface area contributed by atoms with Crippen molar-refractivity contribution in [1.82, 2.24) is 0 Å². The Morgan fingerprint density at radius 3 is 1.85 bits per heavy atom. The molecule has 20 heavy (non-hydrogen) atoms. The summed E-state index contributed by atoms with van der Waals surface area (Å²) < 4.78 is 0. The van der Waals surface area contributed by atoms with Crippen LogP contribution in [-0.4, -0.2) is 6.26 Å². The number of benzene rings is 2. The second-order valence-electron chi connectivity index (χ2n) is 5.42. The highest BCUT2D eigenvalue weighted by atomic mass is 32.2. The highest BCUT2D eigenvalue weighted by molar-refractivity contribution is 7.98. The van der Waals surface area contributed by atoms with Crippen molar-refractivity contribution in [2.75, 3.05) is 11.6 Å². The molecule has 0 spiro atoms. The molecule has 0 radical (unpaired) electrons. The van der Waals surface area contributed by atoms with E-state index < -0.39 is 0 Å². The average Bonchev–Trinajstić information content (AvgIpc) is 2.48. The standard InChI is InChI=1S/C18H23NS/c1-13(2)15-5-7-16(8-6-15)14(3)19-17-9-11-18(20-4)12-10-17/h5-14,19H,1-4H3. The van der Waals surface area contributed by atoms with Crippen molar-refractivity contribution in [3.8, 4) is 0 Å². The lowest BCUT2D eigenvalue weighted by Crippen LogP contribution is -2.06. The summed E-state index contributed by atoms with van der Waals surface area (Å²) in [5, 5.41) is 3.55. The largest absolute Gasteiger partial charge is 0.379 e. The highest BCUT2D eigenvalue weighted by Gasteiger charge is 2.06. The van der Waals surface area contributed by atoms with E-state index in [0.717, 1.165) is 0 Å². The number of rotatable bonds is 5. The van der Waals surface area contributed by atoms with Crippen molar-refractivity contribution >= 4 is 17.4 Å². The molecule has 2 aromatic rings. The third-order valence-corrected chi connectivity index (χ3v) is 4.32. The number of hydrogen-bond donors (Lipinski definition) is 1. The van der Waals surface area contributed by atoms with Gasteiger partial charge < -0.3 is 5.32 Å². The molecule has 1 atom stereocenters. The number of thioether (sulfide) groups is 1. The summed E-state index contributed by atoms with van der Waals surface area (Å²) in [6.45, 7) is 6.65. The lowest BCUT2D eigenvalue weighted by molar-refractivity contribution is 0.852. The molecule has 0 aliphatic heterocycles. The monoisotopic (exact) mass is 285 g/mol. The first kappa shape index (κ1) is 15.0. The zero-order chi connectivity index (χ0) is 14.5. The number of hydrogen-bond acceptors (Lipinski definition) is 2. The fraction of sp³-hybridized carbons (Fsp3) is 0.333. The molecular weight excluding hydrogens is 262 g/mol. The second-order valence-corrected chi connectivity index (χ2v) is 6.30. The molecule has 1 unspecified atom stereocenters. The fourth-order valence-electron chi connectivity index (χ4n) is 2.19. The maximum Gasteiger partial charge on any atom is 0.0485 e. The molecule has 0 aliphatic rings. The Hall–Kier alpha value is -1.41. The molecule has 0 heterocycles. The van der Waals surface area contributed by atoms with Crippen LogP contribution in [0.2, 0.25) is 0 Å². The summed E-state index contributed by atoms with van der Waals surface area (Å²) in [5.74, 6) is 0.589. The zero-order valence-corrected chi connectivity index (χ0v) is 13.5. The lowest BCUT2D eigenvalue weighted by atomic mass is 9.99. The Bertz CT molecular complexity index is 528. The SMILES string of the molecule is CSc1ccc(NC(C)c2ccc(C(C)C)cc2)cc1. The highest BCUT2D eigenvalue weighted by Crippen LogP contribution is 2.23. The Balaban J connectivity index is 2.04. The van der Waals surface area contributed by atoms with Gasteiger partial charge in [-0.1, -0.05) is 38.1 Å². The summed E-state index contributed by atoms with van der Waals surface area (Å²) in [6, 6.07) is 17.8. The molecule has 1 nitrogen and oxygen atoms in total. The van der Waals surface area contributed by atoms with Crippen LogP contribution in [0.4, 0.5) is 5.69 Å². The Morgan fingerprint density at radius 1 is 0.800 bits per heavy atom. The molecule has 0 amide bonds. The van der Waals surface area contributed by atoms with Crippen LogP contribution in [0.3, 0.4) is 0 Å². The van der Waals surface area contributed by atoms with Crippen LogP contribution in [0.25, 0.3) is 0 Å². The van der Waals surface area contributed by atoms with Crippen LogP contribution < -0.4 is 5.32 Å². The first-order chi connectivity index (χ1) is 9.60. The van der Waals surface area contributed by atoms with Gasteiger partial charge in [0.05, 0.1) is 0 Å². The lowest BCUT2D eigenvalue weighted by Gasteiger charge is -2.17. The van der Waals surface area contributed by atoms with Gasteiger partial charge >= 0.3 is 0 Å². The van der Waals surface area contributed by atoms with Crippen molar-refractivity contribution in [2.45, 2.75) is 37.6 Å². The predicted octanol–water partition coefficient (Wildman–Crippen LogP) is 5.71. The molecule has 2 aromatic carbocycles. The van der Waals surface area contributed by atoms with Gasteiger partial charge in [0.2, 0.25) is 0 Å². The molecule has 0 aliphatic carbocycles. The van der Waals surface area contributed by atoms with Crippen LogP contribution in [0.1, 0.15) is 43.9 Å². The van der Waals surface area contributed by atoms with E-state index in [9.17, 15) is 0 Å². The van der Waals surface area contributed by atoms with E-state index >= 15 is 0 Å². The van der Waals surface area contributed by atoms with Gasteiger partial charge in [-0.15, -0.1) is 11.8 Å². The van der Waals surface area contributed by atoms with Gasteiger partial charge in [-0.3, -0.25) is 0 Å². The second kappa shape index (κ2) is 6.85. The Morgan fingerprint density at radius 2 is 1.35 bits per heavy atom. The molecule has 0 saturated heterocycles. The molecular formula is C18H23NS. The van der Waals surface area contributed by atoms with Crippen molar-refractivity contribution in [3.05, 3.63) is 59.7 Å². The van der Waals surface area contributed by atoms with E-state index in [2.05, 4.69) is 80.9 Å². The van der Waals surface area contributed by atoms with Crippen molar-refractivity contribution < 1.29 is 0 Å². The molecule has 2 rings (SSSR count). The van der Waals surface area contributed by atoms with Gasteiger partial charge in [-0.25, -0.2) is 0 Å². The summed E-state index contributed by atoms with van der Waals surface area (Å²) >= 11 is 1.77. The molecule has 0 bridgehead atoms. The Kier molecular flexibility index (Phi) is 5.13. The van der Waals surface area contributed by atoms with Crippen LogP contribution in [0.15, 0.2) is 53.4 Å². The first-order valence-electron chi connectivity index (χ1n) is 7.10. The summed E-state index contributed by atoms with van der Waals surface area (Å²) in [5.41, 5.74) is 3.89. The van der Waals surface area contributed by atoms with E-state index in [-0.39, 0.29) is 0 Å². The van der Waals surface area contributed by atoms with Crippen molar-refractivity contribution in [2.24, 2.45) is 0 Å². The van der Waals surface area contributed by atoms with Gasteiger partial charge in [0.1, 0.15) is 0 Å². The van der Waals surface area contributed by atoms with E-state index in [1.54, 1.807) is 11.8 Å². The molecule has 0 aromatic heterocycles. The molecule has 1 N–H and O–H groups in total. The topological polar surface area (TPSA) is 12.0 Å². The summed E-state index contributed by atoms with van der Waals surface area (Å²) in [6.07, 6.45) is 2.10. The van der Waals surface area contributed by atoms with Gasteiger partial charge in [0.25, 0.3) is 0 Å². The normalized spacial score (nSPS) is 12.4. The minimum absolute atomic E-state index is 0.316. The molecule has 2 heteroatoms. The predicted molar refractivity (Wildman–Crippen MR) is 90.8 cm³/mol. The van der Waals surface area contributed by atoms with E-state index in [1.165, 1.54) is 21.7 Å². The van der Waals surface area contributed by atoms with Gasteiger partial charge in [-0.2, -0.15) is 0 Å². The minimum atomic E-state index is 0.316. The summed E-state index contributed by atoms with van der Waals surface area (Å²) in [7, 11) is 0. The number of anilines is 1. The smallest absolute Gasteiger partial charge is 0.0485 e. The minimum Gasteiger partial charge on any atom is -0.379 e. The van der Waals surface area contributed by atoms with Crippen LogP contribution in [-0.2, 0) is 0 Å². The third-order valence-electron chi connectivity index (χ3n) is 3.58. The summed E-state index contributed by atoms with van der Waals surface area (Å²) in [4.78, 5) is 1.30. The molecule has 0 fully saturated rings. The van der Waals surface area contributed by atoms with Crippen LogP contribution in [0, 0.1) is 0 Å². The van der Waals surface area contributed by atoms with E-state index in [1.807, 2.05) is 0 Å². The maximum atomic E-state index is 3.55. The third kappa shape index (κ3) is 3.80. The molecule has 106 valence electrons. The van der Waals surface area contributed by atoms with Gasteiger partial charge in [0.15, 0.2) is 0 Å². The van der Waals surface area contributed by atoms with Crippen LogP contribution in [0.5, 0.6) is 0 Å². The maximum absolute atomic E-state index is 3.55. The van der Waals surface area contributed by atoms with Gasteiger partial charge in [0, 0.05) is 16.6 Å². The van der Waals surface area contributed by atoms with Gasteiger partial charge in [-0.05, 0) is 54.5 Å². The zero-order valence-electron chi connectivity index (χ0n) is 12.7. The van der Waals surface area contributed by atoms with Crippen molar-refractivity contribution in [3.63, 3.8) is 0 Å². The van der Waals surface area contributed by atoms with E-state index in [4.69, 9.17) is 0 Å². The quantitative estimate of drug-likeness (QED) is 0.707. The average molecular weight is 285 g/mol. The molecule has 0 saturated carbocycles. The van der Waals surface area contributed by atoms with E-state index in [0.29, 0.717) is 12.0 Å². The van der Waals surface area contributed by atoms with Crippen LogP contribution >= 0.6 is 11.8 Å². The van der Waals surface area contributed by atoms with Crippen molar-refractivity contribution in [1.29, 1.82) is 0 Å². The first-order valence-corrected chi connectivity index (χ1v) is 8.33. The number of nitrogens with one attached hydrogen (secondary N) is 1.